The quantitative estimate of drug-likeness (QED) is 0.353. The van der Waals surface area contributed by atoms with Gasteiger partial charge in [-0.3, -0.25) is 9.98 Å². The van der Waals surface area contributed by atoms with Gasteiger partial charge in [0.1, 0.15) is 6.04 Å². The first-order chi connectivity index (χ1) is 11.5. The van der Waals surface area contributed by atoms with E-state index in [9.17, 15) is 9.90 Å². The number of rotatable bonds is 8. The van der Waals surface area contributed by atoms with Crippen molar-refractivity contribution in [2.45, 2.75) is 18.9 Å². The SMILES string of the molecule is COc1cc(C=N[C@@H](CCCN=C(N)N)C(=O)O)cc2c1OCO2. The Morgan fingerprint density at radius 3 is 2.92 bits per heavy atom. The fourth-order valence-corrected chi connectivity index (χ4v) is 2.16. The summed E-state index contributed by atoms with van der Waals surface area (Å²) in [4.78, 5) is 19.2. The van der Waals surface area contributed by atoms with E-state index in [1.165, 1.54) is 13.3 Å². The monoisotopic (exact) mass is 336 g/mol. The summed E-state index contributed by atoms with van der Waals surface area (Å²) < 4.78 is 15.9. The Kier molecular flexibility index (Phi) is 5.83. The van der Waals surface area contributed by atoms with Gasteiger partial charge in [-0.05, 0) is 30.5 Å². The molecule has 24 heavy (non-hydrogen) atoms. The zero-order chi connectivity index (χ0) is 17.5. The van der Waals surface area contributed by atoms with E-state index in [1.807, 2.05) is 0 Å². The molecule has 9 heteroatoms. The van der Waals surface area contributed by atoms with Gasteiger partial charge in [0.15, 0.2) is 17.5 Å². The summed E-state index contributed by atoms with van der Waals surface area (Å²) in [6.45, 7) is 0.480. The highest BCUT2D eigenvalue weighted by Crippen LogP contribution is 2.41. The van der Waals surface area contributed by atoms with Crippen LogP contribution in [0.1, 0.15) is 18.4 Å². The van der Waals surface area contributed by atoms with E-state index >= 15 is 0 Å². The molecule has 0 saturated carbocycles. The Bertz CT molecular complexity index is 656. The lowest BCUT2D eigenvalue weighted by molar-refractivity contribution is -0.138. The lowest BCUT2D eigenvalue weighted by Crippen LogP contribution is -2.23. The number of ether oxygens (including phenoxy) is 3. The van der Waals surface area contributed by atoms with Gasteiger partial charge < -0.3 is 30.8 Å². The second-order valence-corrected chi connectivity index (χ2v) is 5.04. The first-order valence-electron chi connectivity index (χ1n) is 7.30. The molecule has 130 valence electrons. The third kappa shape index (κ3) is 4.51. The number of methoxy groups -OCH3 is 1. The van der Waals surface area contributed by atoms with Gasteiger partial charge in [0.05, 0.1) is 7.11 Å². The maximum atomic E-state index is 11.3. The molecule has 1 heterocycles. The zero-order valence-corrected chi connectivity index (χ0v) is 13.3. The Balaban J connectivity index is 2.06. The number of fused-ring (bicyclic) bond motifs is 1. The van der Waals surface area contributed by atoms with Crippen LogP contribution < -0.4 is 25.7 Å². The molecule has 1 aliphatic rings. The molecule has 1 aromatic carbocycles. The lowest BCUT2D eigenvalue weighted by Gasteiger charge is -2.08. The molecular weight excluding hydrogens is 316 g/mol. The van der Waals surface area contributed by atoms with E-state index in [1.54, 1.807) is 12.1 Å². The molecule has 0 bridgehead atoms. The maximum absolute atomic E-state index is 11.3. The summed E-state index contributed by atoms with van der Waals surface area (Å²) in [6.07, 6.45) is 2.31. The van der Waals surface area contributed by atoms with Crippen molar-refractivity contribution in [2.75, 3.05) is 20.4 Å². The van der Waals surface area contributed by atoms with Crippen molar-refractivity contribution in [1.29, 1.82) is 0 Å². The minimum absolute atomic E-state index is 0.0159. The highest BCUT2D eigenvalue weighted by molar-refractivity contribution is 5.85. The molecule has 0 aliphatic carbocycles. The van der Waals surface area contributed by atoms with Crippen LogP contribution in [0.15, 0.2) is 22.1 Å². The van der Waals surface area contributed by atoms with E-state index in [2.05, 4.69) is 9.98 Å². The lowest BCUT2D eigenvalue weighted by atomic mass is 10.1. The number of benzene rings is 1. The van der Waals surface area contributed by atoms with Crippen molar-refractivity contribution in [1.82, 2.24) is 0 Å². The van der Waals surface area contributed by atoms with E-state index in [4.69, 9.17) is 25.7 Å². The van der Waals surface area contributed by atoms with Gasteiger partial charge >= 0.3 is 5.97 Å². The summed E-state index contributed by atoms with van der Waals surface area (Å²) in [5.74, 6) is 0.546. The summed E-state index contributed by atoms with van der Waals surface area (Å²) >= 11 is 0. The van der Waals surface area contributed by atoms with Crippen molar-refractivity contribution in [2.24, 2.45) is 21.5 Å². The molecule has 2 rings (SSSR count). The maximum Gasteiger partial charge on any atom is 0.328 e. The van der Waals surface area contributed by atoms with Crippen molar-refractivity contribution in [3.8, 4) is 17.2 Å². The van der Waals surface area contributed by atoms with Gasteiger partial charge in [0, 0.05) is 12.8 Å². The topological polar surface area (TPSA) is 142 Å². The average Bonchev–Trinajstić information content (AvgIpc) is 3.01. The normalized spacial score (nSPS) is 13.7. The number of nitrogens with two attached hydrogens (primary N) is 2. The van der Waals surface area contributed by atoms with Gasteiger partial charge in [-0.1, -0.05) is 0 Å². The third-order valence-electron chi connectivity index (χ3n) is 3.30. The minimum atomic E-state index is -1.01. The van der Waals surface area contributed by atoms with Gasteiger partial charge in [-0.15, -0.1) is 0 Å². The Morgan fingerprint density at radius 2 is 2.25 bits per heavy atom. The number of hydrogen-bond acceptors (Lipinski definition) is 6. The number of carboxylic acid groups (broad SMARTS) is 1. The van der Waals surface area contributed by atoms with Crippen LogP contribution in [0.2, 0.25) is 0 Å². The van der Waals surface area contributed by atoms with Gasteiger partial charge in [0.25, 0.3) is 0 Å². The van der Waals surface area contributed by atoms with Crippen LogP contribution in [-0.4, -0.2) is 49.7 Å². The van der Waals surface area contributed by atoms with Crippen molar-refractivity contribution >= 4 is 18.1 Å². The molecule has 1 aliphatic heterocycles. The van der Waals surface area contributed by atoms with Crippen LogP contribution in [0.3, 0.4) is 0 Å². The molecule has 0 unspecified atom stereocenters. The molecule has 9 nitrogen and oxygen atoms in total. The molecule has 5 N–H and O–H groups in total. The van der Waals surface area contributed by atoms with E-state index in [0.29, 0.717) is 42.2 Å². The number of hydrogen-bond donors (Lipinski definition) is 3. The molecule has 0 saturated heterocycles. The second-order valence-electron chi connectivity index (χ2n) is 5.04. The first-order valence-corrected chi connectivity index (χ1v) is 7.30. The third-order valence-corrected chi connectivity index (χ3v) is 3.30. The molecule has 1 atom stereocenters. The zero-order valence-electron chi connectivity index (χ0n) is 13.3. The number of carboxylic acids is 1. The van der Waals surface area contributed by atoms with Crippen LogP contribution in [0.5, 0.6) is 17.2 Å². The fraction of sp³-hybridized carbons (Fsp3) is 0.400. The van der Waals surface area contributed by atoms with Crippen LogP contribution in [0.25, 0.3) is 0 Å². The van der Waals surface area contributed by atoms with Gasteiger partial charge in [0.2, 0.25) is 12.5 Å². The average molecular weight is 336 g/mol. The molecule has 0 spiro atoms. The largest absolute Gasteiger partial charge is 0.493 e. The summed E-state index contributed by atoms with van der Waals surface area (Å²) in [5.41, 5.74) is 11.1. The van der Waals surface area contributed by atoms with Gasteiger partial charge in [-0.25, -0.2) is 4.79 Å². The predicted octanol–water partition coefficient (Wildman–Crippen LogP) is 0.350. The summed E-state index contributed by atoms with van der Waals surface area (Å²) in [7, 11) is 1.52. The molecule has 0 aromatic heterocycles. The smallest absolute Gasteiger partial charge is 0.328 e. The predicted molar refractivity (Wildman–Crippen MR) is 88.0 cm³/mol. The molecular formula is C15H20N4O5. The second kappa shape index (κ2) is 8.04. The molecule has 0 amide bonds. The van der Waals surface area contributed by atoms with Gasteiger partial charge in [-0.2, -0.15) is 0 Å². The number of carbonyl (C=O) groups is 1. The minimum Gasteiger partial charge on any atom is -0.493 e. The Labute approximate surface area is 138 Å². The van der Waals surface area contributed by atoms with Crippen LogP contribution in [0.4, 0.5) is 0 Å². The van der Waals surface area contributed by atoms with E-state index in [-0.39, 0.29) is 12.8 Å². The summed E-state index contributed by atoms with van der Waals surface area (Å²) in [5, 5.41) is 9.25. The van der Waals surface area contributed by atoms with Crippen LogP contribution >= 0.6 is 0 Å². The van der Waals surface area contributed by atoms with Crippen LogP contribution in [-0.2, 0) is 4.79 Å². The standard InChI is InChI=1S/C15H20N4O5/c1-22-11-5-9(6-12-13(11)24-8-23-12)7-19-10(14(20)21)3-2-4-18-15(16)17/h5-7,10H,2-4,8H2,1H3,(H,20,21)(H4,16,17,18)/t10-/m0/s1. The number of guanidine groups is 1. The molecule has 1 aromatic rings. The molecule has 0 radical (unpaired) electrons. The summed E-state index contributed by atoms with van der Waals surface area (Å²) in [6, 6.07) is 2.54. The number of nitrogens with zero attached hydrogens (tertiary/aromatic N) is 2. The van der Waals surface area contributed by atoms with Crippen molar-refractivity contribution in [3.05, 3.63) is 17.7 Å². The van der Waals surface area contributed by atoms with E-state index < -0.39 is 12.0 Å². The van der Waals surface area contributed by atoms with Crippen molar-refractivity contribution in [3.63, 3.8) is 0 Å². The van der Waals surface area contributed by atoms with Crippen LogP contribution in [0, 0.1) is 0 Å². The Hall–Kier alpha value is -2.97. The Morgan fingerprint density at radius 1 is 1.46 bits per heavy atom. The number of aliphatic imine (C=N–C) groups is 2. The highest BCUT2D eigenvalue weighted by atomic mass is 16.7. The molecule has 0 fully saturated rings. The fourth-order valence-electron chi connectivity index (χ4n) is 2.16. The number of aliphatic carboxylic acids is 1. The van der Waals surface area contributed by atoms with Crippen molar-refractivity contribution < 1.29 is 24.1 Å². The first kappa shape index (κ1) is 17.4. The highest BCUT2D eigenvalue weighted by Gasteiger charge is 2.20. The van der Waals surface area contributed by atoms with E-state index in [0.717, 1.165) is 0 Å².